The second kappa shape index (κ2) is 5.64. The Hall–Kier alpha value is -1.85. The van der Waals surface area contributed by atoms with E-state index < -0.39 is 12.1 Å². The van der Waals surface area contributed by atoms with E-state index in [9.17, 15) is 22.8 Å². The summed E-state index contributed by atoms with van der Waals surface area (Å²) in [6.07, 6.45) is -3.84. The molecule has 108 valence electrons. The number of likely N-dealkylation sites (tertiary alicyclic amines) is 1. The molecule has 0 saturated carbocycles. The second-order valence-corrected chi connectivity index (χ2v) is 4.85. The van der Waals surface area contributed by atoms with Crippen LogP contribution < -0.4 is 0 Å². The molecule has 3 nitrogen and oxygen atoms in total. The number of carbonyl (C=O) groups is 2. The molecular weight excluding hydrogens is 271 g/mol. The fraction of sp³-hybridized carbons (Fsp3) is 0.429. The van der Waals surface area contributed by atoms with Gasteiger partial charge < -0.3 is 9.69 Å². The van der Waals surface area contributed by atoms with Crippen molar-refractivity contribution in [3.63, 3.8) is 0 Å². The Labute approximate surface area is 114 Å². The fourth-order valence-electron chi connectivity index (χ4n) is 2.55. The van der Waals surface area contributed by atoms with Gasteiger partial charge in [-0.05, 0) is 12.0 Å². The van der Waals surface area contributed by atoms with E-state index in [4.69, 9.17) is 0 Å². The van der Waals surface area contributed by atoms with Gasteiger partial charge in [0.05, 0.1) is 0 Å². The molecule has 2 unspecified atom stereocenters. The molecule has 6 heteroatoms. The number of amides is 1. The highest BCUT2D eigenvalue weighted by Gasteiger charge is 2.45. The minimum absolute atomic E-state index is 0.0366. The van der Waals surface area contributed by atoms with E-state index in [1.54, 1.807) is 30.3 Å². The second-order valence-electron chi connectivity index (χ2n) is 4.85. The van der Waals surface area contributed by atoms with E-state index in [0.717, 1.165) is 16.7 Å². The lowest BCUT2D eigenvalue weighted by Gasteiger charge is -2.36. The molecular formula is C14H14F3NO2. The van der Waals surface area contributed by atoms with Crippen molar-refractivity contribution in [3.8, 4) is 0 Å². The lowest BCUT2D eigenvalue weighted by molar-refractivity contribution is -0.187. The summed E-state index contributed by atoms with van der Waals surface area (Å²) in [7, 11) is 0. The van der Waals surface area contributed by atoms with E-state index >= 15 is 0 Å². The number of rotatable bonds is 2. The standard InChI is InChI=1S/C14H14F3NO2/c15-14(16,17)13(20)18-7-6-11(9-19)12(8-18)10-4-2-1-3-5-10/h1-5,9,11-12H,6-8H2. The Kier molecular flexibility index (Phi) is 4.11. The zero-order valence-electron chi connectivity index (χ0n) is 10.6. The summed E-state index contributed by atoms with van der Waals surface area (Å²) in [5.74, 6) is -2.56. The highest BCUT2D eigenvalue weighted by atomic mass is 19.4. The van der Waals surface area contributed by atoms with Crippen LogP contribution in [-0.4, -0.2) is 36.4 Å². The van der Waals surface area contributed by atoms with Crippen LogP contribution in [-0.2, 0) is 9.59 Å². The SMILES string of the molecule is O=CC1CCN(C(=O)C(F)(F)F)CC1c1ccccc1. The first-order valence-corrected chi connectivity index (χ1v) is 6.30. The van der Waals surface area contributed by atoms with Crippen molar-refractivity contribution in [1.82, 2.24) is 4.90 Å². The number of benzene rings is 1. The number of carbonyl (C=O) groups excluding carboxylic acids is 2. The maximum Gasteiger partial charge on any atom is 0.471 e. The van der Waals surface area contributed by atoms with Crippen LogP contribution in [0.3, 0.4) is 0 Å². The Balaban J connectivity index is 2.20. The monoisotopic (exact) mass is 285 g/mol. The molecule has 1 aliphatic heterocycles. The first-order valence-electron chi connectivity index (χ1n) is 6.30. The average molecular weight is 285 g/mol. The van der Waals surface area contributed by atoms with Crippen molar-refractivity contribution in [2.24, 2.45) is 5.92 Å². The van der Waals surface area contributed by atoms with Crippen LogP contribution in [0.1, 0.15) is 17.9 Å². The number of alkyl halides is 3. The van der Waals surface area contributed by atoms with E-state index in [0.29, 0.717) is 0 Å². The maximum atomic E-state index is 12.5. The molecule has 1 aromatic rings. The molecule has 0 aromatic heterocycles. The van der Waals surface area contributed by atoms with Crippen molar-refractivity contribution >= 4 is 12.2 Å². The van der Waals surface area contributed by atoms with Gasteiger partial charge >= 0.3 is 12.1 Å². The third kappa shape index (κ3) is 3.00. The molecule has 1 aliphatic rings. The number of hydrogen-bond donors (Lipinski definition) is 0. The number of hydrogen-bond acceptors (Lipinski definition) is 2. The zero-order chi connectivity index (χ0) is 14.8. The Morgan fingerprint density at radius 1 is 1.25 bits per heavy atom. The van der Waals surface area contributed by atoms with E-state index in [1.165, 1.54) is 0 Å². The van der Waals surface area contributed by atoms with Crippen LogP contribution in [0.5, 0.6) is 0 Å². The molecule has 1 heterocycles. The van der Waals surface area contributed by atoms with Crippen LogP contribution in [0.25, 0.3) is 0 Å². The van der Waals surface area contributed by atoms with Gasteiger partial charge in [0.25, 0.3) is 0 Å². The molecule has 0 aliphatic carbocycles. The van der Waals surface area contributed by atoms with Crippen LogP contribution in [0.2, 0.25) is 0 Å². The Morgan fingerprint density at radius 3 is 2.45 bits per heavy atom. The summed E-state index contributed by atoms with van der Waals surface area (Å²) in [6.45, 7) is -0.114. The van der Waals surface area contributed by atoms with Crippen molar-refractivity contribution in [3.05, 3.63) is 35.9 Å². The number of nitrogens with zero attached hydrogens (tertiary/aromatic N) is 1. The van der Waals surface area contributed by atoms with Crippen LogP contribution >= 0.6 is 0 Å². The number of piperidine rings is 1. The highest BCUT2D eigenvalue weighted by molar-refractivity contribution is 5.82. The van der Waals surface area contributed by atoms with Gasteiger partial charge in [0, 0.05) is 24.9 Å². The third-order valence-electron chi connectivity index (χ3n) is 3.60. The zero-order valence-corrected chi connectivity index (χ0v) is 10.6. The summed E-state index contributed by atoms with van der Waals surface area (Å²) in [6, 6.07) is 8.86. The predicted octanol–water partition coefficient (Wildman–Crippen LogP) is 2.38. The summed E-state index contributed by atoms with van der Waals surface area (Å²) in [5, 5.41) is 0. The molecule has 1 amide bonds. The van der Waals surface area contributed by atoms with Gasteiger partial charge in [-0.2, -0.15) is 13.2 Å². The summed E-state index contributed by atoms with van der Waals surface area (Å²) in [4.78, 5) is 23.2. The highest BCUT2D eigenvalue weighted by Crippen LogP contribution is 2.33. The normalized spacial score (nSPS) is 23.4. The minimum atomic E-state index is -4.87. The quantitative estimate of drug-likeness (QED) is 0.782. The number of aldehydes is 1. The third-order valence-corrected chi connectivity index (χ3v) is 3.60. The summed E-state index contributed by atoms with van der Waals surface area (Å²) < 4.78 is 37.4. The summed E-state index contributed by atoms with van der Waals surface area (Å²) in [5.41, 5.74) is 0.782. The lowest BCUT2D eigenvalue weighted by Crippen LogP contribution is -2.48. The largest absolute Gasteiger partial charge is 0.471 e. The topological polar surface area (TPSA) is 37.4 Å². The van der Waals surface area contributed by atoms with Crippen molar-refractivity contribution in [2.45, 2.75) is 18.5 Å². The van der Waals surface area contributed by atoms with Gasteiger partial charge in [-0.15, -0.1) is 0 Å². The van der Waals surface area contributed by atoms with Gasteiger partial charge in [0.15, 0.2) is 0 Å². The lowest BCUT2D eigenvalue weighted by atomic mass is 9.81. The molecule has 20 heavy (non-hydrogen) atoms. The number of halogens is 3. The first-order chi connectivity index (χ1) is 9.43. The van der Waals surface area contributed by atoms with Gasteiger partial charge in [-0.1, -0.05) is 30.3 Å². The molecule has 0 N–H and O–H groups in total. The van der Waals surface area contributed by atoms with Crippen molar-refractivity contribution < 1.29 is 22.8 Å². The molecule has 0 radical (unpaired) electrons. The van der Waals surface area contributed by atoms with Gasteiger partial charge in [0.1, 0.15) is 6.29 Å². The van der Waals surface area contributed by atoms with E-state index in [2.05, 4.69) is 0 Å². The maximum absolute atomic E-state index is 12.5. The van der Waals surface area contributed by atoms with E-state index in [1.807, 2.05) is 0 Å². The Bertz CT molecular complexity index is 487. The fourth-order valence-corrected chi connectivity index (χ4v) is 2.55. The minimum Gasteiger partial charge on any atom is -0.334 e. The van der Waals surface area contributed by atoms with Gasteiger partial charge in [-0.3, -0.25) is 4.79 Å². The predicted molar refractivity (Wildman–Crippen MR) is 66.0 cm³/mol. The average Bonchev–Trinajstić information content (AvgIpc) is 2.45. The van der Waals surface area contributed by atoms with Crippen molar-refractivity contribution in [1.29, 1.82) is 0 Å². The molecule has 0 spiro atoms. The Morgan fingerprint density at radius 2 is 1.90 bits per heavy atom. The molecule has 2 rings (SSSR count). The van der Waals surface area contributed by atoms with E-state index in [-0.39, 0.29) is 31.3 Å². The molecule has 1 aromatic carbocycles. The molecule has 2 atom stereocenters. The van der Waals surface area contributed by atoms with Crippen LogP contribution in [0.15, 0.2) is 30.3 Å². The van der Waals surface area contributed by atoms with Crippen molar-refractivity contribution in [2.75, 3.05) is 13.1 Å². The molecule has 1 saturated heterocycles. The molecule has 1 fully saturated rings. The summed E-state index contributed by atoms with van der Waals surface area (Å²) >= 11 is 0. The molecule has 0 bridgehead atoms. The first kappa shape index (κ1) is 14.6. The van der Waals surface area contributed by atoms with Gasteiger partial charge in [-0.25, -0.2) is 0 Å². The smallest absolute Gasteiger partial charge is 0.334 e. The van der Waals surface area contributed by atoms with Crippen LogP contribution in [0.4, 0.5) is 13.2 Å². The van der Waals surface area contributed by atoms with Gasteiger partial charge in [0.2, 0.25) is 0 Å². The van der Waals surface area contributed by atoms with Crippen LogP contribution in [0, 0.1) is 5.92 Å².